The van der Waals surface area contributed by atoms with E-state index < -0.39 is 5.60 Å². The van der Waals surface area contributed by atoms with Gasteiger partial charge in [0.05, 0.1) is 5.60 Å². The van der Waals surface area contributed by atoms with Gasteiger partial charge in [0.15, 0.2) is 0 Å². The predicted octanol–water partition coefficient (Wildman–Crippen LogP) is 0.224. The lowest BCUT2D eigenvalue weighted by molar-refractivity contribution is 0.0672. The summed E-state index contributed by atoms with van der Waals surface area (Å²) in [5.74, 6) is 0. The van der Waals surface area contributed by atoms with Gasteiger partial charge in [-0.2, -0.15) is 0 Å². The average molecular weight is 170 g/mol. The molecule has 0 aliphatic heterocycles. The second kappa shape index (κ2) is 3.62. The van der Waals surface area contributed by atoms with Crippen molar-refractivity contribution < 1.29 is 5.11 Å². The number of nitrogens with zero attached hydrogens (tertiary/aromatic N) is 4. The van der Waals surface area contributed by atoms with Crippen molar-refractivity contribution in [3.8, 4) is 0 Å². The Morgan fingerprint density at radius 3 is 2.75 bits per heavy atom. The normalized spacial score (nSPS) is 11.9. The van der Waals surface area contributed by atoms with Gasteiger partial charge in [-0.25, -0.2) is 4.68 Å². The van der Waals surface area contributed by atoms with Crippen LogP contribution in [0.1, 0.15) is 26.7 Å². The molecule has 0 bridgehead atoms. The van der Waals surface area contributed by atoms with E-state index in [2.05, 4.69) is 15.5 Å². The Labute approximate surface area is 71.4 Å². The Hall–Kier alpha value is -0.970. The van der Waals surface area contributed by atoms with Crippen LogP contribution < -0.4 is 0 Å². The van der Waals surface area contributed by atoms with E-state index in [0.717, 1.165) is 19.4 Å². The minimum absolute atomic E-state index is 0.589. The molecule has 12 heavy (non-hydrogen) atoms. The summed E-state index contributed by atoms with van der Waals surface area (Å²) >= 11 is 0. The van der Waals surface area contributed by atoms with E-state index in [0.29, 0.717) is 0 Å². The van der Waals surface area contributed by atoms with E-state index >= 15 is 0 Å². The minimum atomic E-state index is -0.589. The molecule has 0 saturated carbocycles. The smallest absolute Gasteiger partial charge is 0.138 e. The molecule has 0 fully saturated rings. The maximum Gasteiger partial charge on any atom is 0.138 e. The average Bonchev–Trinajstić information content (AvgIpc) is 2.36. The van der Waals surface area contributed by atoms with Crippen molar-refractivity contribution in [2.75, 3.05) is 0 Å². The number of tetrazole rings is 1. The van der Waals surface area contributed by atoms with Crippen molar-refractivity contribution in [3.63, 3.8) is 0 Å². The van der Waals surface area contributed by atoms with Crippen LogP contribution in [0, 0.1) is 0 Å². The first-order valence-electron chi connectivity index (χ1n) is 4.01. The molecule has 0 spiro atoms. The zero-order valence-electron chi connectivity index (χ0n) is 7.43. The molecule has 0 aliphatic carbocycles. The van der Waals surface area contributed by atoms with Gasteiger partial charge < -0.3 is 5.11 Å². The molecular weight excluding hydrogens is 156 g/mol. The highest BCUT2D eigenvalue weighted by atomic mass is 16.3. The molecule has 68 valence electrons. The zero-order valence-corrected chi connectivity index (χ0v) is 7.43. The van der Waals surface area contributed by atoms with Crippen LogP contribution in [0.25, 0.3) is 0 Å². The van der Waals surface area contributed by atoms with Gasteiger partial charge in [-0.15, -0.1) is 5.10 Å². The Balaban J connectivity index is 2.20. The summed E-state index contributed by atoms with van der Waals surface area (Å²) in [4.78, 5) is 0. The second-order valence-corrected chi connectivity index (χ2v) is 3.49. The topological polar surface area (TPSA) is 63.8 Å². The van der Waals surface area contributed by atoms with Crippen LogP contribution >= 0.6 is 0 Å². The fourth-order valence-corrected chi connectivity index (χ4v) is 0.956. The Bertz CT molecular complexity index is 214. The molecule has 0 unspecified atom stereocenters. The van der Waals surface area contributed by atoms with Crippen molar-refractivity contribution in [2.45, 2.75) is 38.8 Å². The van der Waals surface area contributed by atoms with Crippen LogP contribution in [-0.2, 0) is 6.54 Å². The monoisotopic (exact) mass is 170 g/mol. The van der Waals surface area contributed by atoms with Crippen LogP contribution in [0.4, 0.5) is 0 Å². The number of aryl methyl sites for hydroxylation is 1. The van der Waals surface area contributed by atoms with Crippen molar-refractivity contribution in [1.29, 1.82) is 0 Å². The van der Waals surface area contributed by atoms with Crippen LogP contribution in [0.15, 0.2) is 6.33 Å². The number of aliphatic hydroxyl groups is 1. The summed E-state index contributed by atoms with van der Waals surface area (Å²) in [6.45, 7) is 4.36. The molecule has 0 radical (unpaired) electrons. The van der Waals surface area contributed by atoms with E-state index in [1.54, 1.807) is 24.9 Å². The quantitative estimate of drug-likeness (QED) is 0.702. The molecule has 1 heterocycles. The number of hydrogen-bond donors (Lipinski definition) is 1. The van der Waals surface area contributed by atoms with E-state index in [1.807, 2.05) is 0 Å². The Morgan fingerprint density at radius 1 is 1.50 bits per heavy atom. The molecule has 0 atom stereocenters. The van der Waals surface area contributed by atoms with Crippen LogP contribution in [-0.4, -0.2) is 30.9 Å². The van der Waals surface area contributed by atoms with Gasteiger partial charge in [0, 0.05) is 6.54 Å². The van der Waals surface area contributed by atoms with Gasteiger partial charge in [0.1, 0.15) is 6.33 Å². The molecule has 5 nitrogen and oxygen atoms in total. The van der Waals surface area contributed by atoms with Gasteiger partial charge in [0.2, 0.25) is 0 Å². The first-order valence-corrected chi connectivity index (χ1v) is 4.01. The summed E-state index contributed by atoms with van der Waals surface area (Å²) in [5, 5.41) is 20.1. The zero-order chi connectivity index (χ0) is 9.03. The lowest BCUT2D eigenvalue weighted by Crippen LogP contribution is -2.19. The van der Waals surface area contributed by atoms with Crippen LogP contribution in [0.3, 0.4) is 0 Å². The highest BCUT2D eigenvalue weighted by Gasteiger charge is 2.11. The highest BCUT2D eigenvalue weighted by molar-refractivity contribution is 4.64. The van der Waals surface area contributed by atoms with E-state index in [1.165, 1.54) is 0 Å². The summed E-state index contributed by atoms with van der Waals surface area (Å²) in [6.07, 6.45) is 3.21. The molecule has 0 aromatic carbocycles. The maximum atomic E-state index is 9.39. The maximum absolute atomic E-state index is 9.39. The van der Waals surface area contributed by atoms with Crippen molar-refractivity contribution in [3.05, 3.63) is 6.33 Å². The standard InChI is InChI=1S/C7H14N4O/c1-7(2,12)4-3-5-11-6-8-9-10-11/h6,12H,3-5H2,1-2H3. The van der Waals surface area contributed by atoms with Crippen LogP contribution in [0.2, 0.25) is 0 Å². The van der Waals surface area contributed by atoms with E-state index in [-0.39, 0.29) is 0 Å². The highest BCUT2D eigenvalue weighted by Crippen LogP contribution is 2.10. The summed E-state index contributed by atoms with van der Waals surface area (Å²) in [5.41, 5.74) is -0.589. The summed E-state index contributed by atoms with van der Waals surface area (Å²) in [7, 11) is 0. The van der Waals surface area contributed by atoms with Gasteiger partial charge in [-0.3, -0.25) is 0 Å². The predicted molar refractivity (Wildman–Crippen MR) is 43.3 cm³/mol. The first kappa shape index (κ1) is 9.12. The third-order valence-corrected chi connectivity index (χ3v) is 1.57. The lowest BCUT2D eigenvalue weighted by atomic mass is 10.0. The number of rotatable bonds is 4. The Morgan fingerprint density at radius 2 is 2.25 bits per heavy atom. The first-order chi connectivity index (χ1) is 5.58. The minimum Gasteiger partial charge on any atom is -0.390 e. The summed E-state index contributed by atoms with van der Waals surface area (Å²) < 4.78 is 1.66. The molecule has 1 rings (SSSR count). The molecule has 1 N–H and O–H groups in total. The fourth-order valence-electron chi connectivity index (χ4n) is 0.956. The molecule has 1 aromatic heterocycles. The molecule has 0 amide bonds. The van der Waals surface area contributed by atoms with Crippen molar-refractivity contribution in [2.24, 2.45) is 0 Å². The van der Waals surface area contributed by atoms with Crippen molar-refractivity contribution in [1.82, 2.24) is 20.2 Å². The molecular formula is C7H14N4O. The van der Waals surface area contributed by atoms with E-state index in [4.69, 9.17) is 0 Å². The van der Waals surface area contributed by atoms with Gasteiger partial charge in [-0.1, -0.05) is 0 Å². The van der Waals surface area contributed by atoms with E-state index in [9.17, 15) is 5.11 Å². The fraction of sp³-hybridized carbons (Fsp3) is 0.857. The second-order valence-electron chi connectivity index (χ2n) is 3.49. The van der Waals surface area contributed by atoms with Gasteiger partial charge in [-0.05, 0) is 37.1 Å². The molecule has 0 saturated heterocycles. The molecule has 0 aliphatic rings. The van der Waals surface area contributed by atoms with Gasteiger partial charge >= 0.3 is 0 Å². The van der Waals surface area contributed by atoms with Crippen molar-refractivity contribution >= 4 is 0 Å². The SMILES string of the molecule is CC(C)(O)CCCn1cnnn1. The van der Waals surface area contributed by atoms with Crippen LogP contribution in [0.5, 0.6) is 0 Å². The number of aromatic nitrogens is 4. The largest absolute Gasteiger partial charge is 0.390 e. The Kier molecular flexibility index (Phi) is 2.75. The lowest BCUT2D eigenvalue weighted by Gasteiger charge is -2.15. The third kappa shape index (κ3) is 3.43. The number of hydrogen-bond acceptors (Lipinski definition) is 4. The molecule has 1 aromatic rings. The van der Waals surface area contributed by atoms with Gasteiger partial charge in [0.25, 0.3) is 0 Å². The summed E-state index contributed by atoms with van der Waals surface area (Å²) in [6, 6.07) is 0. The molecule has 5 heteroatoms. The third-order valence-electron chi connectivity index (χ3n) is 1.57.